The first-order chi connectivity index (χ1) is 8.83. The molecule has 4 nitrogen and oxygen atoms in total. The van der Waals surface area contributed by atoms with Crippen molar-refractivity contribution in [3.63, 3.8) is 0 Å². The number of nitrogens with zero attached hydrogens (tertiary/aromatic N) is 1. The third-order valence-electron chi connectivity index (χ3n) is 3.08. The molecule has 0 fully saturated rings. The van der Waals surface area contributed by atoms with Crippen molar-refractivity contribution in [3.8, 4) is 5.75 Å². The summed E-state index contributed by atoms with van der Waals surface area (Å²) in [6.07, 6.45) is 2.65. The number of rotatable bonds is 2. The summed E-state index contributed by atoms with van der Waals surface area (Å²) in [4.78, 5) is 3.99. The van der Waals surface area contributed by atoms with E-state index in [4.69, 9.17) is 10.5 Å². The van der Waals surface area contributed by atoms with E-state index in [1.165, 1.54) is 5.56 Å². The van der Waals surface area contributed by atoms with Crippen LogP contribution in [0.25, 0.3) is 0 Å². The lowest BCUT2D eigenvalue weighted by Gasteiger charge is -2.27. The molecule has 1 aliphatic rings. The number of fused-ring (bicyclic) bond motifs is 1. The molecule has 1 aromatic carbocycles. The van der Waals surface area contributed by atoms with E-state index >= 15 is 0 Å². The minimum atomic E-state index is 0.261. The maximum Gasteiger partial charge on any atom is 0.125 e. The smallest absolute Gasteiger partial charge is 0.125 e. The Morgan fingerprint density at radius 2 is 2.17 bits per heavy atom. The molecular formula is C14H15N3O. The second-order valence-corrected chi connectivity index (χ2v) is 4.34. The van der Waals surface area contributed by atoms with Crippen LogP contribution in [0.2, 0.25) is 0 Å². The molecule has 3 N–H and O–H groups in total. The van der Waals surface area contributed by atoms with Crippen LogP contribution in [0.1, 0.15) is 18.0 Å². The Hall–Kier alpha value is -2.23. The lowest BCUT2D eigenvalue weighted by atomic mass is 10.0. The van der Waals surface area contributed by atoms with Crippen molar-refractivity contribution in [2.45, 2.75) is 12.5 Å². The summed E-state index contributed by atoms with van der Waals surface area (Å²) in [7, 11) is 0. The first-order valence-electron chi connectivity index (χ1n) is 6.03. The molecule has 0 bridgehead atoms. The maximum absolute atomic E-state index is 5.68. The predicted molar refractivity (Wildman–Crippen MR) is 71.6 cm³/mol. The summed E-state index contributed by atoms with van der Waals surface area (Å²) in [6.45, 7) is 0.731. The van der Waals surface area contributed by atoms with Gasteiger partial charge in [-0.3, -0.25) is 0 Å². The molecule has 1 aliphatic heterocycles. The average molecular weight is 241 g/mol. The number of aromatic nitrogens is 1. The third kappa shape index (κ3) is 2.09. The van der Waals surface area contributed by atoms with Crippen LogP contribution < -0.4 is 15.8 Å². The van der Waals surface area contributed by atoms with Gasteiger partial charge in [-0.05, 0) is 12.1 Å². The van der Waals surface area contributed by atoms with Gasteiger partial charge in [0.2, 0.25) is 0 Å². The molecule has 1 aromatic heterocycles. The van der Waals surface area contributed by atoms with Crippen molar-refractivity contribution in [2.24, 2.45) is 0 Å². The highest BCUT2D eigenvalue weighted by Crippen LogP contribution is 2.33. The van der Waals surface area contributed by atoms with E-state index in [1.807, 2.05) is 30.3 Å². The standard InChI is InChI=1S/C14H15N3O/c15-14-9-10(5-7-16-14)17-12-6-8-18-13-4-2-1-3-11(12)13/h1-5,7,9,12H,6,8H2,(H3,15,16,17). The van der Waals surface area contributed by atoms with Crippen molar-refractivity contribution >= 4 is 11.5 Å². The molecule has 1 atom stereocenters. The highest BCUT2D eigenvalue weighted by atomic mass is 16.5. The van der Waals surface area contributed by atoms with Crippen LogP contribution in [0.5, 0.6) is 5.75 Å². The minimum Gasteiger partial charge on any atom is -0.493 e. The molecule has 2 aromatic rings. The zero-order valence-electron chi connectivity index (χ0n) is 9.97. The Morgan fingerprint density at radius 1 is 1.28 bits per heavy atom. The summed E-state index contributed by atoms with van der Waals surface area (Å²) in [5.41, 5.74) is 7.87. The van der Waals surface area contributed by atoms with E-state index in [0.29, 0.717) is 5.82 Å². The predicted octanol–water partition coefficient (Wildman–Crippen LogP) is 2.60. The van der Waals surface area contributed by atoms with Gasteiger partial charge in [0.1, 0.15) is 11.6 Å². The summed E-state index contributed by atoms with van der Waals surface area (Å²) < 4.78 is 5.64. The van der Waals surface area contributed by atoms with E-state index in [2.05, 4.69) is 16.4 Å². The first-order valence-corrected chi connectivity index (χ1v) is 6.03. The molecule has 92 valence electrons. The minimum absolute atomic E-state index is 0.261. The van der Waals surface area contributed by atoms with Crippen molar-refractivity contribution in [1.82, 2.24) is 4.98 Å². The van der Waals surface area contributed by atoms with Gasteiger partial charge in [-0.15, -0.1) is 0 Å². The molecule has 0 spiro atoms. The number of nitrogen functional groups attached to an aromatic ring is 1. The summed E-state index contributed by atoms with van der Waals surface area (Å²) >= 11 is 0. The van der Waals surface area contributed by atoms with Crippen LogP contribution in [0.3, 0.4) is 0 Å². The molecule has 18 heavy (non-hydrogen) atoms. The summed E-state index contributed by atoms with van der Waals surface area (Å²) in [5.74, 6) is 1.49. The normalized spacial score (nSPS) is 17.7. The van der Waals surface area contributed by atoms with E-state index in [0.717, 1.165) is 24.5 Å². The largest absolute Gasteiger partial charge is 0.493 e. The van der Waals surface area contributed by atoms with Gasteiger partial charge in [0, 0.05) is 29.9 Å². The lowest BCUT2D eigenvalue weighted by Crippen LogP contribution is -2.20. The topological polar surface area (TPSA) is 60.2 Å². The molecule has 0 saturated carbocycles. The Balaban J connectivity index is 1.86. The van der Waals surface area contributed by atoms with Gasteiger partial charge in [0.05, 0.1) is 12.6 Å². The van der Waals surface area contributed by atoms with E-state index in [9.17, 15) is 0 Å². The second kappa shape index (κ2) is 4.56. The molecule has 3 rings (SSSR count). The van der Waals surface area contributed by atoms with Crippen LogP contribution >= 0.6 is 0 Å². The Kier molecular flexibility index (Phi) is 2.76. The first kappa shape index (κ1) is 10.9. The van der Waals surface area contributed by atoms with Gasteiger partial charge in [0.15, 0.2) is 0 Å². The zero-order valence-corrected chi connectivity index (χ0v) is 9.97. The van der Waals surface area contributed by atoms with Crippen molar-refractivity contribution in [1.29, 1.82) is 0 Å². The van der Waals surface area contributed by atoms with Crippen LogP contribution in [-0.4, -0.2) is 11.6 Å². The van der Waals surface area contributed by atoms with Crippen LogP contribution in [0, 0.1) is 0 Å². The van der Waals surface area contributed by atoms with Gasteiger partial charge < -0.3 is 15.8 Å². The molecule has 0 saturated heterocycles. The molecule has 1 unspecified atom stereocenters. The number of para-hydroxylation sites is 1. The number of pyridine rings is 1. The quantitative estimate of drug-likeness (QED) is 0.848. The van der Waals surface area contributed by atoms with E-state index in [1.54, 1.807) is 6.20 Å². The number of benzene rings is 1. The number of hydrogen-bond donors (Lipinski definition) is 2. The molecule has 0 amide bonds. The average Bonchev–Trinajstić information content (AvgIpc) is 2.39. The number of hydrogen-bond acceptors (Lipinski definition) is 4. The molecule has 4 heteroatoms. The number of nitrogens with two attached hydrogens (primary N) is 1. The van der Waals surface area contributed by atoms with Gasteiger partial charge in [-0.25, -0.2) is 4.98 Å². The van der Waals surface area contributed by atoms with Crippen molar-refractivity contribution in [3.05, 3.63) is 48.2 Å². The number of nitrogens with one attached hydrogen (secondary N) is 1. The fourth-order valence-electron chi connectivity index (χ4n) is 2.23. The summed E-state index contributed by atoms with van der Waals surface area (Å²) in [6, 6.07) is 12.2. The zero-order chi connectivity index (χ0) is 12.4. The maximum atomic E-state index is 5.68. The Morgan fingerprint density at radius 3 is 3.06 bits per heavy atom. The van der Waals surface area contributed by atoms with Crippen LogP contribution in [-0.2, 0) is 0 Å². The van der Waals surface area contributed by atoms with Gasteiger partial charge >= 0.3 is 0 Å². The molecule has 0 aliphatic carbocycles. The van der Waals surface area contributed by atoms with Gasteiger partial charge in [-0.1, -0.05) is 18.2 Å². The highest BCUT2D eigenvalue weighted by Gasteiger charge is 2.20. The van der Waals surface area contributed by atoms with Crippen molar-refractivity contribution in [2.75, 3.05) is 17.7 Å². The Labute approximate surface area is 106 Å². The van der Waals surface area contributed by atoms with Gasteiger partial charge in [0.25, 0.3) is 0 Å². The Bertz CT molecular complexity index is 556. The number of ether oxygens (including phenoxy) is 1. The van der Waals surface area contributed by atoms with Crippen molar-refractivity contribution < 1.29 is 4.74 Å². The molecular weight excluding hydrogens is 226 g/mol. The van der Waals surface area contributed by atoms with E-state index in [-0.39, 0.29) is 6.04 Å². The highest BCUT2D eigenvalue weighted by molar-refractivity contribution is 5.52. The van der Waals surface area contributed by atoms with Crippen LogP contribution in [0.15, 0.2) is 42.6 Å². The summed E-state index contributed by atoms with van der Waals surface area (Å²) in [5, 5.41) is 3.48. The monoisotopic (exact) mass is 241 g/mol. The number of anilines is 2. The van der Waals surface area contributed by atoms with Gasteiger partial charge in [-0.2, -0.15) is 0 Å². The molecule has 0 radical (unpaired) electrons. The molecule has 2 heterocycles. The fourth-order valence-corrected chi connectivity index (χ4v) is 2.23. The SMILES string of the molecule is Nc1cc(NC2CCOc3ccccc32)ccn1. The van der Waals surface area contributed by atoms with Crippen LogP contribution in [0.4, 0.5) is 11.5 Å². The lowest BCUT2D eigenvalue weighted by molar-refractivity contribution is 0.274. The fraction of sp³-hybridized carbons (Fsp3) is 0.214. The van der Waals surface area contributed by atoms with E-state index < -0.39 is 0 Å². The second-order valence-electron chi connectivity index (χ2n) is 4.34. The third-order valence-corrected chi connectivity index (χ3v) is 3.08.